The highest BCUT2D eigenvalue weighted by Gasteiger charge is 2.17. The summed E-state index contributed by atoms with van der Waals surface area (Å²) in [6, 6.07) is 1.81. The third-order valence-electron chi connectivity index (χ3n) is 2.96. The molecule has 17 heavy (non-hydrogen) atoms. The molecule has 1 aliphatic rings. The van der Waals surface area contributed by atoms with Crippen LogP contribution in [0.3, 0.4) is 0 Å². The number of nitrogen functional groups attached to an aromatic ring is 1. The maximum atomic E-state index is 8.88. The zero-order chi connectivity index (χ0) is 12.3. The number of rotatable bonds is 3. The number of β-amino-alcohol motifs (C(OH)–C–C–N with tert-alkyl or cyclic N) is 1. The molecular formula is C11H19N5O. The Kier molecular flexibility index (Phi) is 3.75. The van der Waals surface area contributed by atoms with Gasteiger partial charge in [0.1, 0.15) is 17.5 Å². The minimum absolute atomic E-state index is 0.222. The summed E-state index contributed by atoms with van der Waals surface area (Å²) in [5.74, 6) is 2.13. The number of anilines is 2. The van der Waals surface area contributed by atoms with Gasteiger partial charge in [-0.25, -0.2) is 9.97 Å². The first-order chi connectivity index (χ1) is 8.19. The quantitative estimate of drug-likeness (QED) is 0.736. The van der Waals surface area contributed by atoms with Crippen LogP contribution in [0.2, 0.25) is 0 Å². The lowest BCUT2D eigenvalue weighted by Crippen LogP contribution is -2.47. The smallest absolute Gasteiger partial charge is 0.134 e. The number of piperazine rings is 1. The van der Waals surface area contributed by atoms with E-state index in [1.54, 1.807) is 0 Å². The van der Waals surface area contributed by atoms with Gasteiger partial charge in [-0.1, -0.05) is 0 Å². The normalized spacial score (nSPS) is 17.4. The number of aliphatic hydroxyl groups excluding tert-OH is 1. The van der Waals surface area contributed by atoms with Gasteiger partial charge in [0.15, 0.2) is 0 Å². The number of hydrogen-bond acceptors (Lipinski definition) is 6. The summed E-state index contributed by atoms with van der Waals surface area (Å²) >= 11 is 0. The summed E-state index contributed by atoms with van der Waals surface area (Å²) in [6.07, 6.45) is 0. The van der Waals surface area contributed by atoms with Crippen LogP contribution in [0.1, 0.15) is 5.82 Å². The predicted octanol–water partition coefficient (Wildman–Crippen LogP) is -0.518. The highest BCUT2D eigenvalue weighted by molar-refractivity contribution is 5.47. The van der Waals surface area contributed by atoms with Gasteiger partial charge >= 0.3 is 0 Å². The van der Waals surface area contributed by atoms with E-state index in [4.69, 9.17) is 10.8 Å². The maximum Gasteiger partial charge on any atom is 0.134 e. The largest absolute Gasteiger partial charge is 0.395 e. The van der Waals surface area contributed by atoms with E-state index in [0.717, 1.165) is 38.5 Å². The average Bonchev–Trinajstić information content (AvgIpc) is 2.29. The minimum atomic E-state index is 0.222. The van der Waals surface area contributed by atoms with Gasteiger partial charge in [-0.2, -0.15) is 0 Å². The van der Waals surface area contributed by atoms with Crippen LogP contribution in [0, 0.1) is 6.92 Å². The molecular weight excluding hydrogens is 218 g/mol. The summed E-state index contributed by atoms with van der Waals surface area (Å²) in [4.78, 5) is 12.9. The molecule has 1 aromatic heterocycles. The highest BCUT2D eigenvalue weighted by atomic mass is 16.3. The third kappa shape index (κ3) is 3.04. The van der Waals surface area contributed by atoms with Gasteiger partial charge in [-0.3, -0.25) is 4.90 Å². The number of nitrogens with zero attached hydrogens (tertiary/aromatic N) is 4. The van der Waals surface area contributed by atoms with Gasteiger partial charge in [0.05, 0.1) is 6.61 Å². The molecule has 0 radical (unpaired) electrons. The van der Waals surface area contributed by atoms with Crippen LogP contribution in [-0.2, 0) is 0 Å². The summed E-state index contributed by atoms with van der Waals surface area (Å²) < 4.78 is 0. The van der Waals surface area contributed by atoms with Gasteiger partial charge in [-0.05, 0) is 6.92 Å². The molecule has 0 amide bonds. The number of aromatic nitrogens is 2. The first-order valence-corrected chi connectivity index (χ1v) is 5.88. The van der Waals surface area contributed by atoms with E-state index in [9.17, 15) is 0 Å². The Morgan fingerprint density at radius 1 is 1.29 bits per heavy atom. The molecule has 1 saturated heterocycles. The Balaban J connectivity index is 2.00. The van der Waals surface area contributed by atoms with Crippen molar-refractivity contribution in [2.75, 3.05) is 50.0 Å². The molecule has 2 heterocycles. The number of aryl methyl sites for hydroxylation is 1. The van der Waals surface area contributed by atoms with Crippen LogP contribution in [0.4, 0.5) is 11.6 Å². The molecule has 94 valence electrons. The summed E-state index contributed by atoms with van der Waals surface area (Å²) in [7, 11) is 0. The Bertz CT molecular complexity index is 356. The second-order valence-electron chi connectivity index (χ2n) is 4.25. The van der Waals surface area contributed by atoms with E-state index in [1.165, 1.54) is 0 Å². The molecule has 1 aliphatic heterocycles. The van der Waals surface area contributed by atoms with Crippen LogP contribution < -0.4 is 10.6 Å². The molecule has 1 fully saturated rings. The van der Waals surface area contributed by atoms with Gasteiger partial charge in [-0.15, -0.1) is 0 Å². The van der Waals surface area contributed by atoms with E-state index < -0.39 is 0 Å². The lowest BCUT2D eigenvalue weighted by Gasteiger charge is -2.35. The molecule has 0 aliphatic carbocycles. The first kappa shape index (κ1) is 12.1. The molecule has 0 atom stereocenters. The molecule has 1 aromatic rings. The van der Waals surface area contributed by atoms with Crippen molar-refractivity contribution in [2.45, 2.75) is 6.92 Å². The average molecular weight is 237 g/mol. The fraction of sp³-hybridized carbons (Fsp3) is 0.636. The van der Waals surface area contributed by atoms with Crippen LogP contribution in [0.5, 0.6) is 0 Å². The van der Waals surface area contributed by atoms with Crippen molar-refractivity contribution in [3.63, 3.8) is 0 Å². The van der Waals surface area contributed by atoms with Crippen LogP contribution in [-0.4, -0.2) is 59.3 Å². The molecule has 6 heteroatoms. The Morgan fingerprint density at radius 2 is 2.00 bits per heavy atom. The molecule has 0 spiro atoms. The summed E-state index contributed by atoms with van der Waals surface area (Å²) in [6.45, 7) is 6.54. The topological polar surface area (TPSA) is 78.5 Å². The van der Waals surface area contributed by atoms with E-state index in [2.05, 4.69) is 19.8 Å². The van der Waals surface area contributed by atoms with E-state index >= 15 is 0 Å². The van der Waals surface area contributed by atoms with Crippen molar-refractivity contribution < 1.29 is 5.11 Å². The molecule has 6 nitrogen and oxygen atoms in total. The van der Waals surface area contributed by atoms with Crippen molar-refractivity contribution in [2.24, 2.45) is 0 Å². The van der Waals surface area contributed by atoms with E-state index in [0.29, 0.717) is 11.6 Å². The fourth-order valence-corrected chi connectivity index (χ4v) is 2.08. The molecule has 0 aromatic carbocycles. The van der Waals surface area contributed by atoms with Crippen LogP contribution >= 0.6 is 0 Å². The van der Waals surface area contributed by atoms with Gasteiger partial charge in [0, 0.05) is 38.8 Å². The highest BCUT2D eigenvalue weighted by Crippen LogP contribution is 2.15. The SMILES string of the molecule is Cc1nc(N)cc(N2CCN(CCO)CC2)n1. The van der Waals surface area contributed by atoms with Gasteiger partial charge < -0.3 is 15.7 Å². The summed E-state index contributed by atoms with van der Waals surface area (Å²) in [5.41, 5.74) is 5.72. The fourth-order valence-electron chi connectivity index (χ4n) is 2.08. The van der Waals surface area contributed by atoms with Crippen molar-refractivity contribution in [3.05, 3.63) is 11.9 Å². The molecule has 0 bridgehead atoms. The monoisotopic (exact) mass is 237 g/mol. The van der Waals surface area contributed by atoms with Crippen molar-refractivity contribution in [1.29, 1.82) is 0 Å². The van der Waals surface area contributed by atoms with Crippen molar-refractivity contribution in [1.82, 2.24) is 14.9 Å². The molecule has 0 saturated carbocycles. The minimum Gasteiger partial charge on any atom is -0.395 e. The predicted molar refractivity (Wildman–Crippen MR) is 66.9 cm³/mol. The zero-order valence-corrected chi connectivity index (χ0v) is 10.1. The van der Waals surface area contributed by atoms with Crippen molar-refractivity contribution in [3.8, 4) is 0 Å². The Hall–Kier alpha value is -1.40. The number of hydrogen-bond donors (Lipinski definition) is 2. The van der Waals surface area contributed by atoms with Crippen molar-refractivity contribution >= 4 is 11.6 Å². The summed E-state index contributed by atoms with van der Waals surface area (Å²) in [5, 5.41) is 8.88. The van der Waals surface area contributed by atoms with Crippen LogP contribution in [0.25, 0.3) is 0 Å². The maximum absolute atomic E-state index is 8.88. The molecule has 3 N–H and O–H groups in total. The second-order valence-corrected chi connectivity index (χ2v) is 4.25. The Labute approximate surface area is 101 Å². The van der Waals surface area contributed by atoms with E-state index in [-0.39, 0.29) is 6.61 Å². The zero-order valence-electron chi connectivity index (χ0n) is 10.1. The first-order valence-electron chi connectivity index (χ1n) is 5.88. The van der Waals surface area contributed by atoms with Gasteiger partial charge in [0.25, 0.3) is 0 Å². The lowest BCUT2D eigenvalue weighted by molar-refractivity contribution is 0.188. The number of nitrogens with two attached hydrogens (primary N) is 1. The number of aliphatic hydroxyl groups is 1. The third-order valence-corrected chi connectivity index (χ3v) is 2.96. The van der Waals surface area contributed by atoms with E-state index in [1.807, 2.05) is 13.0 Å². The standard InChI is InChI=1S/C11H19N5O/c1-9-13-10(12)8-11(14-9)16-4-2-15(3-5-16)6-7-17/h8,17H,2-7H2,1H3,(H2,12,13,14). The molecule has 0 unspecified atom stereocenters. The second kappa shape index (κ2) is 5.29. The lowest BCUT2D eigenvalue weighted by atomic mass is 10.3. The Morgan fingerprint density at radius 3 is 2.59 bits per heavy atom. The van der Waals surface area contributed by atoms with Crippen LogP contribution in [0.15, 0.2) is 6.07 Å². The van der Waals surface area contributed by atoms with Gasteiger partial charge in [0.2, 0.25) is 0 Å². The molecule has 2 rings (SSSR count).